The van der Waals surface area contributed by atoms with Crippen molar-refractivity contribution in [2.24, 2.45) is 0 Å². The Hall–Kier alpha value is -1.61. The highest BCUT2D eigenvalue weighted by atomic mass is 35.5. The first-order valence-corrected chi connectivity index (χ1v) is 11.0. The van der Waals surface area contributed by atoms with E-state index in [-0.39, 0.29) is 32.2 Å². The second-order valence-electron chi connectivity index (χ2n) is 6.84. The molecule has 1 aliphatic heterocycles. The number of aromatic nitrogens is 1. The normalized spacial score (nSPS) is 17.8. The average molecular weight is 440 g/mol. The minimum Gasteiger partial charge on any atom is -0.396 e. The van der Waals surface area contributed by atoms with Gasteiger partial charge >= 0.3 is 0 Å². The van der Waals surface area contributed by atoms with Crippen LogP contribution in [0.4, 0.5) is 0 Å². The van der Waals surface area contributed by atoms with E-state index >= 15 is 0 Å². The molecule has 6 nitrogen and oxygen atoms in total. The summed E-state index contributed by atoms with van der Waals surface area (Å²) in [5.74, 6) is -0.335. The summed E-state index contributed by atoms with van der Waals surface area (Å²) >= 11 is 12.1. The van der Waals surface area contributed by atoms with Crippen molar-refractivity contribution in [1.82, 2.24) is 14.0 Å². The van der Waals surface area contributed by atoms with Gasteiger partial charge < -0.3 is 10.1 Å². The maximum atomic E-state index is 12.8. The van der Waals surface area contributed by atoms with Gasteiger partial charge in [0.1, 0.15) is 0 Å². The van der Waals surface area contributed by atoms with E-state index in [1.807, 2.05) is 12.1 Å². The molecule has 3 N–H and O–H groups in total. The molecule has 0 aliphatic carbocycles. The highest BCUT2D eigenvalue weighted by Crippen LogP contribution is 2.36. The third-order valence-electron chi connectivity index (χ3n) is 4.96. The summed E-state index contributed by atoms with van der Waals surface area (Å²) in [6, 6.07) is 12.5. The van der Waals surface area contributed by atoms with Crippen molar-refractivity contribution >= 4 is 44.3 Å². The SMILES string of the molecule is O=S(=O)(NCc1cccc(Cl)c1)N1Cc2[nH]c3ccc(Cl)cc3c2C(CO)C1. The molecular formula is C19H19Cl2N3O3S. The van der Waals surface area contributed by atoms with E-state index in [0.29, 0.717) is 10.0 Å². The Bertz CT molecular complexity index is 1130. The van der Waals surface area contributed by atoms with Crippen LogP contribution < -0.4 is 4.72 Å². The van der Waals surface area contributed by atoms with Crippen LogP contribution >= 0.6 is 23.2 Å². The number of hydrogen-bond donors (Lipinski definition) is 3. The molecule has 1 aromatic heterocycles. The Morgan fingerprint density at radius 3 is 2.71 bits per heavy atom. The Labute approximate surface area is 173 Å². The fourth-order valence-electron chi connectivity index (χ4n) is 3.65. The predicted molar refractivity (Wildman–Crippen MR) is 111 cm³/mol. The van der Waals surface area contributed by atoms with E-state index in [0.717, 1.165) is 27.7 Å². The molecule has 0 bridgehead atoms. The van der Waals surface area contributed by atoms with Gasteiger partial charge in [0.25, 0.3) is 10.2 Å². The van der Waals surface area contributed by atoms with Gasteiger partial charge in [0.2, 0.25) is 0 Å². The van der Waals surface area contributed by atoms with Gasteiger partial charge in [-0.15, -0.1) is 0 Å². The minimum absolute atomic E-state index is 0.137. The maximum Gasteiger partial charge on any atom is 0.280 e. The number of aromatic amines is 1. The summed E-state index contributed by atoms with van der Waals surface area (Å²) in [4.78, 5) is 3.27. The van der Waals surface area contributed by atoms with Crippen LogP contribution in [0.3, 0.4) is 0 Å². The van der Waals surface area contributed by atoms with Crippen molar-refractivity contribution in [3.63, 3.8) is 0 Å². The van der Waals surface area contributed by atoms with Gasteiger partial charge in [-0.25, -0.2) is 0 Å². The molecule has 0 spiro atoms. The standard InChI is InChI=1S/C19H19Cl2N3O3S/c20-14-3-1-2-12(6-14)8-22-28(26,27)24-9-13(11-25)19-16-7-15(21)4-5-17(16)23-18(19)10-24/h1-7,13,22-23,25H,8-11H2. The van der Waals surface area contributed by atoms with Crippen molar-refractivity contribution in [3.05, 3.63) is 69.3 Å². The monoisotopic (exact) mass is 439 g/mol. The summed E-state index contributed by atoms with van der Waals surface area (Å²) in [7, 11) is -3.74. The Morgan fingerprint density at radius 2 is 1.96 bits per heavy atom. The van der Waals surface area contributed by atoms with Crippen molar-refractivity contribution in [2.45, 2.75) is 19.0 Å². The fourth-order valence-corrected chi connectivity index (χ4v) is 5.25. The predicted octanol–water partition coefficient (Wildman–Crippen LogP) is 3.40. The number of aliphatic hydroxyl groups is 1. The van der Waals surface area contributed by atoms with Crippen LogP contribution in [0.1, 0.15) is 22.7 Å². The molecule has 2 heterocycles. The second kappa shape index (κ2) is 7.67. The molecule has 0 amide bonds. The average Bonchev–Trinajstić information content (AvgIpc) is 3.03. The van der Waals surface area contributed by atoms with Gasteiger partial charge in [0.15, 0.2) is 0 Å². The molecule has 1 atom stereocenters. The minimum atomic E-state index is -3.74. The summed E-state index contributed by atoms with van der Waals surface area (Å²) < 4.78 is 29.7. The largest absolute Gasteiger partial charge is 0.396 e. The Morgan fingerprint density at radius 1 is 1.18 bits per heavy atom. The van der Waals surface area contributed by atoms with Crippen LogP contribution in [-0.4, -0.2) is 36.0 Å². The fraction of sp³-hybridized carbons (Fsp3) is 0.263. The molecule has 1 unspecified atom stereocenters. The van der Waals surface area contributed by atoms with Crippen molar-refractivity contribution in [3.8, 4) is 0 Å². The van der Waals surface area contributed by atoms with Gasteiger partial charge in [-0.2, -0.15) is 17.4 Å². The van der Waals surface area contributed by atoms with Crippen LogP contribution in [0.25, 0.3) is 10.9 Å². The maximum absolute atomic E-state index is 12.8. The smallest absolute Gasteiger partial charge is 0.280 e. The topological polar surface area (TPSA) is 85.4 Å². The first-order chi connectivity index (χ1) is 13.4. The number of nitrogens with zero attached hydrogens (tertiary/aromatic N) is 1. The summed E-state index contributed by atoms with van der Waals surface area (Å²) in [6.07, 6.45) is 0. The lowest BCUT2D eigenvalue weighted by Crippen LogP contribution is -2.45. The molecule has 3 aromatic rings. The van der Waals surface area contributed by atoms with Gasteiger partial charge in [0.05, 0.1) is 13.2 Å². The van der Waals surface area contributed by atoms with Crippen LogP contribution in [0.15, 0.2) is 42.5 Å². The number of nitrogens with one attached hydrogen (secondary N) is 2. The zero-order valence-electron chi connectivity index (χ0n) is 14.8. The van der Waals surface area contributed by atoms with Gasteiger partial charge in [0, 0.05) is 45.6 Å². The quantitative estimate of drug-likeness (QED) is 0.569. The molecule has 4 rings (SSSR count). The molecule has 148 valence electrons. The zero-order valence-corrected chi connectivity index (χ0v) is 17.2. The number of halogens is 2. The van der Waals surface area contributed by atoms with Gasteiger partial charge in [-0.3, -0.25) is 0 Å². The molecular weight excluding hydrogens is 421 g/mol. The number of fused-ring (bicyclic) bond motifs is 3. The van der Waals surface area contributed by atoms with E-state index in [9.17, 15) is 13.5 Å². The highest BCUT2D eigenvalue weighted by molar-refractivity contribution is 7.87. The third kappa shape index (κ3) is 3.78. The second-order valence-corrected chi connectivity index (χ2v) is 9.46. The van der Waals surface area contributed by atoms with E-state index in [4.69, 9.17) is 23.2 Å². The molecule has 0 saturated carbocycles. The third-order valence-corrected chi connectivity index (χ3v) is 6.89. The van der Waals surface area contributed by atoms with E-state index in [1.165, 1.54) is 4.31 Å². The number of hydrogen-bond acceptors (Lipinski definition) is 3. The van der Waals surface area contributed by atoms with Crippen molar-refractivity contribution < 1.29 is 13.5 Å². The van der Waals surface area contributed by atoms with E-state index in [1.54, 1.807) is 30.3 Å². The lowest BCUT2D eigenvalue weighted by molar-refractivity contribution is 0.229. The Balaban J connectivity index is 1.60. The molecule has 0 saturated heterocycles. The molecule has 0 fully saturated rings. The van der Waals surface area contributed by atoms with Crippen LogP contribution in [0, 0.1) is 0 Å². The lowest BCUT2D eigenvalue weighted by atomic mass is 9.94. The first kappa shape index (κ1) is 19.7. The van der Waals surface area contributed by atoms with E-state index in [2.05, 4.69) is 9.71 Å². The molecule has 28 heavy (non-hydrogen) atoms. The summed E-state index contributed by atoms with van der Waals surface area (Å²) in [5.41, 5.74) is 3.35. The summed E-state index contributed by atoms with van der Waals surface area (Å²) in [5, 5.41) is 12.0. The highest BCUT2D eigenvalue weighted by Gasteiger charge is 2.34. The number of benzene rings is 2. The molecule has 0 radical (unpaired) electrons. The van der Waals surface area contributed by atoms with Crippen LogP contribution in [0.2, 0.25) is 10.0 Å². The van der Waals surface area contributed by atoms with E-state index < -0.39 is 10.2 Å². The number of aliphatic hydroxyl groups excluding tert-OH is 1. The number of rotatable bonds is 5. The Kier molecular flexibility index (Phi) is 5.39. The lowest BCUT2D eigenvalue weighted by Gasteiger charge is -2.31. The van der Waals surface area contributed by atoms with Crippen molar-refractivity contribution in [2.75, 3.05) is 13.2 Å². The molecule has 9 heteroatoms. The molecule has 2 aromatic carbocycles. The van der Waals surface area contributed by atoms with Gasteiger partial charge in [-0.05, 0) is 41.5 Å². The van der Waals surface area contributed by atoms with Crippen LogP contribution in [0.5, 0.6) is 0 Å². The number of H-pyrrole nitrogens is 1. The summed E-state index contributed by atoms with van der Waals surface area (Å²) in [6.45, 7) is 0.363. The van der Waals surface area contributed by atoms with Gasteiger partial charge in [-0.1, -0.05) is 35.3 Å². The zero-order chi connectivity index (χ0) is 19.9. The molecule has 1 aliphatic rings. The first-order valence-electron chi connectivity index (χ1n) is 8.77. The van der Waals surface area contributed by atoms with Crippen molar-refractivity contribution in [1.29, 1.82) is 0 Å². The van der Waals surface area contributed by atoms with Crippen LogP contribution in [-0.2, 0) is 23.3 Å².